The first-order chi connectivity index (χ1) is 57.5. The highest BCUT2D eigenvalue weighted by atomic mass is 19.2. The summed E-state index contributed by atoms with van der Waals surface area (Å²) in [6, 6.07) is 102. The van der Waals surface area contributed by atoms with Crippen molar-refractivity contribution in [3.8, 4) is 165 Å². The quantitative estimate of drug-likeness (QED) is 0.0536. The molecule has 0 N–H and O–H groups in total. The van der Waals surface area contributed by atoms with Crippen LogP contribution in [-0.2, 0) is 0 Å². The van der Waals surface area contributed by atoms with E-state index in [0.717, 1.165) is 0 Å². The standard InChI is InChI=1S/C97H54F5N15/c98-81-80(82(99)84(101)85(102)83(81)100)79-77(116-73-51-65(94-108-86(57-25-9-1-10-26-57)104-87(109-94)58-27-11-2-12-28-58)41-45-69(73)70-46-42-66(52-74(70)116)95-110-88(59-29-13-3-14-30-59)105-89(111-95)60-31-15-4-16-32-60)49-56(55-103)50-78(79)117-75-53-67(96-112-90(61-33-17-5-18-34-61)106-91(113-96)62-35-19-6-20-36-62)43-47-71(75)72-48-44-68(54-76(72)117)97-114-92(63-37-21-7-22-38-63)107-93(115-97)64-39-23-8-24-40-64/h1-54H. The van der Waals surface area contributed by atoms with E-state index in [9.17, 15) is 5.26 Å². The number of fused-ring (bicyclic) bond motifs is 6. The van der Waals surface area contributed by atoms with Gasteiger partial charge in [-0.2, -0.15) is 5.26 Å². The fourth-order valence-corrected chi connectivity index (χ4v) is 15.0. The van der Waals surface area contributed by atoms with Gasteiger partial charge in [0.15, 0.2) is 93.2 Å². The Morgan fingerprint density at radius 3 is 0.564 bits per heavy atom. The highest BCUT2D eigenvalue weighted by Gasteiger charge is 2.34. The molecule has 0 unspecified atom stereocenters. The van der Waals surface area contributed by atoms with Gasteiger partial charge in [0.1, 0.15) is 0 Å². The molecule has 0 saturated heterocycles. The van der Waals surface area contributed by atoms with Gasteiger partial charge in [-0.25, -0.2) is 81.8 Å². The first kappa shape index (κ1) is 70.0. The molecule has 0 radical (unpaired) electrons. The van der Waals surface area contributed by atoms with Gasteiger partial charge >= 0.3 is 0 Å². The van der Waals surface area contributed by atoms with Crippen molar-refractivity contribution in [2.24, 2.45) is 0 Å². The van der Waals surface area contributed by atoms with Crippen molar-refractivity contribution in [3.05, 3.63) is 362 Å². The molecular formula is C97H54F5N15. The van der Waals surface area contributed by atoms with E-state index < -0.39 is 40.2 Å². The predicted molar refractivity (Wildman–Crippen MR) is 444 cm³/mol. The molecule has 0 aliphatic carbocycles. The molecule has 0 spiro atoms. The number of nitrogens with zero attached hydrogens (tertiary/aromatic N) is 15. The third kappa shape index (κ3) is 12.8. The third-order valence-electron chi connectivity index (χ3n) is 20.5. The van der Waals surface area contributed by atoms with Gasteiger partial charge in [0.25, 0.3) is 0 Å². The molecule has 117 heavy (non-hydrogen) atoms. The summed E-state index contributed by atoms with van der Waals surface area (Å²) in [7, 11) is 0. The normalized spacial score (nSPS) is 11.5. The molecule has 6 aromatic heterocycles. The van der Waals surface area contributed by atoms with Crippen LogP contribution in [0.4, 0.5) is 22.0 Å². The van der Waals surface area contributed by atoms with Gasteiger partial charge in [0, 0.05) is 93.9 Å². The number of nitriles is 1. The van der Waals surface area contributed by atoms with Gasteiger partial charge in [0.2, 0.25) is 5.82 Å². The average molecular weight is 1520 g/mol. The third-order valence-corrected chi connectivity index (χ3v) is 20.5. The van der Waals surface area contributed by atoms with Crippen LogP contribution in [0.15, 0.2) is 328 Å². The molecular weight excluding hydrogens is 1470 g/mol. The summed E-state index contributed by atoms with van der Waals surface area (Å²) < 4.78 is 90.7. The second-order valence-corrected chi connectivity index (χ2v) is 27.7. The predicted octanol–water partition coefficient (Wildman–Crippen LogP) is 22.9. The Balaban J connectivity index is 0.924. The zero-order valence-electron chi connectivity index (χ0n) is 61.3. The van der Waals surface area contributed by atoms with Crippen LogP contribution in [0.1, 0.15) is 5.56 Å². The van der Waals surface area contributed by atoms with Crippen LogP contribution >= 0.6 is 0 Å². The van der Waals surface area contributed by atoms with Crippen LogP contribution in [-0.4, -0.2) is 68.9 Å². The summed E-state index contributed by atoms with van der Waals surface area (Å²) in [5.74, 6) is -7.56. The van der Waals surface area contributed by atoms with E-state index in [2.05, 4.69) is 6.07 Å². The van der Waals surface area contributed by atoms with Crippen LogP contribution in [0.3, 0.4) is 0 Å². The van der Waals surface area contributed by atoms with Gasteiger partial charge in [-0.1, -0.05) is 291 Å². The number of aromatic nitrogens is 14. The van der Waals surface area contributed by atoms with Gasteiger partial charge in [-0.05, 0) is 36.4 Å². The van der Waals surface area contributed by atoms with E-state index in [-0.39, 0.29) is 40.2 Å². The monoisotopic (exact) mass is 1520 g/mol. The molecule has 0 fully saturated rings. The Morgan fingerprint density at radius 1 is 0.197 bits per heavy atom. The Labute approximate surface area is 663 Å². The van der Waals surface area contributed by atoms with Gasteiger partial charge in [0.05, 0.1) is 50.6 Å². The lowest BCUT2D eigenvalue weighted by Crippen LogP contribution is -2.10. The highest BCUT2D eigenvalue weighted by Crippen LogP contribution is 2.48. The molecule has 20 heteroatoms. The topological polar surface area (TPSA) is 188 Å². The molecule has 0 aliphatic rings. The fraction of sp³-hybridized carbons (Fsp3) is 0. The molecule has 552 valence electrons. The molecule has 20 aromatic rings. The maximum atomic E-state index is 18.4. The van der Waals surface area contributed by atoms with E-state index in [4.69, 9.17) is 59.8 Å². The fourth-order valence-electron chi connectivity index (χ4n) is 15.0. The van der Waals surface area contributed by atoms with Gasteiger partial charge < -0.3 is 9.13 Å². The van der Waals surface area contributed by atoms with E-state index in [1.165, 1.54) is 12.1 Å². The maximum Gasteiger partial charge on any atom is 0.200 e. The smallest absolute Gasteiger partial charge is 0.200 e. The molecule has 0 atom stereocenters. The molecule has 0 bridgehead atoms. The minimum atomic E-state index is -2.39. The maximum absolute atomic E-state index is 18.4. The van der Waals surface area contributed by atoms with Crippen molar-refractivity contribution >= 4 is 43.6 Å². The lowest BCUT2D eigenvalue weighted by atomic mass is 9.96. The van der Waals surface area contributed by atoms with Gasteiger partial charge in [-0.15, -0.1) is 0 Å². The van der Waals surface area contributed by atoms with Crippen molar-refractivity contribution in [1.82, 2.24) is 68.9 Å². The number of benzene rings is 14. The SMILES string of the molecule is N#Cc1cc(-n2c3cc(-c4nc(-c5ccccc5)nc(-c5ccccc5)n4)ccc3c3ccc(-c4nc(-c5ccccc5)nc(-c5ccccc5)n4)cc32)c(-c2c(F)c(F)c(F)c(F)c2F)c(-n2c3cc(-c4nc(-c5ccccc5)nc(-c5ccccc5)n4)ccc3c3ccc(-c4nc(-c5ccccc5)nc(-c5ccccc5)n4)cc32)c1. The van der Waals surface area contributed by atoms with E-state index in [1.54, 1.807) is 33.4 Å². The summed E-state index contributed by atoms with van der Waals surface area (Å²) in [5.41, 5.74) is 6.02. The van der Waals surface area contributed by atoms with Crippen molar-refractivity contribution in [3.63, 3.8) is 0 Å². The lowest BCUT2D eigenvalue weighted by molar-refractivity contribution is 0.381. The molecule has 14 aromatic carbocycles. The molecule has 6 heterocycles. The molecule has 20 rings (SSSR count). The van der Waals surface area contributed by atoms with Crippen molar-refractivity contribution < 1.29 is 22.0 Å². The minimum Gasteiger partial charge on any atom is -0.308 e. The van der Waals surface area contributed by atoms with Crippen LogP contribution in [0, 0.1) is 40.4 Å². The van der Waals surface area contributed by atoms with Crippen LogP contribution in [0.2, 0.25) is 0 Å². The first-order valence-corrected chi connectivity index (χ1v) is 37.3. The second kappa shape index (κ2) is 29.2. The van der Waals surface area contributed by atoms with Crippen LogP contribution in [0.5, 0.6) is 0 Å². The Bertz CT molecular complexity index is 6340. The number of hydrogen-bond donors (Lipinski definition) is 0. The second-order valence-electron chi connectivity index (χ2n) is 27.7. The molecule has 0 aliphatic heterocycles. The Kier molecular flexibility index (Phi) is 17.5. The van der Waals surface area contributed by atoms with Crippen molar-refractivity contribution in [2.45, 2.75) is 0 Å². The lowest BCUT2D eigenvalue weighted by Gasteiger charge is -2.22. The van der Waals surface area contributed by atoms with Crippen molar-refractivity contribution in [2.75, 3.05) is 0 Å². The van der Waals surface area contributed by atoms with E-state index in [0.29, 0.717) is 157 Å². The minimum absolute atomic E-state index is 0.109. The van der Waals surface area contributed by atoms with Gasteiger partial charge in [-0.3, -0.25) is 0 Å². The summed E-state index contributed by atoms with van der Waals surface area (Å²) in [6.07, 6.45) is 0. The number of hydrogen-bond acceptors (Lipinski definition) is 13. The molecule has 0 saturated carbocycles. The Morgan fingerprint density at radius 2 is 0.376 bits per heavy atom. The largest absolute Gasteiger partial charge is 0.308 e. The number of halogens is 5. The molecule has 0 amide bonds. The van der Waals surface area contributed by atoms with E-state index >= 15 is 22.0 Å². The average Bonchev–Trinajstić information content (AvgIpc) is 1.59. The Hall–Kier alpha value is -16.1. The van der Waals surface area contributed by atoms with E-state index in [1.807, 2.05) is 291 Å². The van der Waals surface area contributed by atoms with Crippen LogP contribution < -0.4 is 0 Å². The summed E-state index contributed by atoms with van der Waals surface area (Å²) in [5, 5.41) is 14.0. The summed E-state index contributed by atoms with van der Waals surface area (Å²) in [6.45, 7) is 0. The zero-order valence-corrected chi connectivity index (χ0v) is 61.3. The van der Waals surface area contributed by atoms with Crippen molar-refractivity contribution in [1.29, 1.82) is 5.26 Å². The number of rotatable bonds is 15. The summed E-state index contributed by atoms with van der Waals surface area (Å²) in [4.78, 5) is 61.0. The molecule has 15 nitrogen and oxygen atoms in total. The summed E-state index contributed by atoms with van der Waals surface area (Å²) >= 11 is 0. The first-order valence-electron chi connectivity index (χ1n) is 37.3. The highest BCUT2D eigenvalue weighted by molar-refractivity contribution is 6.14. The van der Waals surface area contributed by atoms with Crippen LogP contribution in [0.25, 0.3) is 203 Å². The zero-order chi connectivity index (χ0) is 78.8.